The lowest BCUT2D eigenvalue weighted by molar-refractivity contribution is -0.132. The van der Waals surface area contributed by atoms with Crippen LogP contribution in [0.1, 0.15) is 30.4 Å². The van der Waals surface area contributed by atoms with Crippen molar-refractivity contribution in [2.75, 3.05) is 6.54 Å². The highest BCUT2D eigenvalue weighted by atomic mass is 19.1. The molecule has 0 aromatic heterocycles. The second kappa shape index (κ2) is 8.26. The van der Waals surface area contributed by atoms with Crippen LogP contribution in [0, 0.1) is 5.82 Å². The summed E-state index contributed by atoms with van der Waals surface area (Å²) in [5.74, 6) is -0.171. The summed E-state index contributed by atoms with van der Waals surface area (Å²) < 4.78 is 13.7. The molecule has 132 valence electrons. The number of nitrogens with zero attached hydrogens (tertiary/aromatic N) is 1. The maximum Gasteiger partial charge on any atom is 0.224 e. The maximum atomic E-state index is 13.7. The second-order valence-corrected chi connectivity index (χ2v) is 6.83. The summed E-state index contributed by atoms with van der Waals surface area (Å²) in [5, 5.41) is 0. The fourth-order valence-corrected chi connectivity index (χ4v) is 3.62. The van der Waals surface area contributed by atoms with Crippen molar-refractivity contribution in [3.8, 4) is 0 Å². The first-order valence-corrected chi connectivity index (χ1v) is 8.96. The SMILES string of the molecule is N[C@@H](CC(=O)N1CCCC1Cc1ccccc1)Cc1ccccc1F. The highest BCUT2D eigenvalue weighted by Gasteiger charge is 2.29. The van der Waals surface area contributed by atoms with E-state index in [9.17, 15) is 9.18 Å². The molecule has 1 fully saturated rings. The minimum atomic E-state index is -0.359. The lowest BCUT2D eigenvalue weighted by Crippen LogP contribution is -2.40. The monoisotopic (exact) mass is 340 g/mol. The van der Waals surface area contributed by atoms with Gasteiger partial charge in [-0.15, -0.1) is 0 Å². The van der Waals surface area contributed by atoms with Crippen LogP contribution < -0.4 is 5.73 Å². The van der Waals surface area contributed by atoms with E-state index in [2.05, 4.69) is 12.1 Å². The normalized spacial score (nSPS) is 18.3. The third kappa shape index (κ3) is 4.67. The molecule has 1 heterocycles. The average molecular weight is 340 g/mol. The third-order valence-electron chi connectivity index (χ3n) is 4.89. The van der Waals surface area contributed by atoms with Crippen LogP contribution in [0.2, 0.25) is 0 Å². The van der Waals surface area contributed by atoms with Crippen molar-refractivity contribution in [1.82, 2.24) is 4.90 Å². The van der Waals surface area contributed by atoms with E-state index in [1.165, 1.54) is 11.6 Å². The number of rotatable bonds is 6. The molecule has 0 bridgehead atoms. The number of benzene rings is 2. The molecule has 1 saturated heterocycles. The average Bonchev–Trinajstić information content (AvgIpc) is 3.06. The summed E-state index contributed by atoms with van der Waals surface area (Å²) in [6.45, 7) is 0.794. The minimum absolute atomic E-state index is 0.0854. The van der Waals surface area contributed by atoms with Gasteiger partial charge in [0, 0.05) is 25.0 Å². The standard InChI is InChI=1S/C21H25FN2O/c22-20-11-5-4-9-17(20)14-18(23)15-21(25)24-12-6-10-19(24)13-16-7-2-1-3-8-16/h1-5,7-9,11,18-19H,6,10,12-15,23H2/t18-,19?/m1/s1. The molecule has 1 unspecified atom stereocenters. The number of nitrogens with two attached hydrogens (primary N) is 1. The molecule has 3 nitrogen and oxygen atoms in total. The fraction of sp³-hybridized carbons (Fsp3) is 0.381. The number of carbonyl (C=O) groups is 1. The van der Waals surface area contributed by atoms with Gasteiger partial charge >= 0.3 is 0 Å². The molecule has 3 rings (SSSR count). The summed E-state index contributed by atoms with van der Waals surface area (Å²) in [7, 11) is 0. The van der Waals surface area contributed by atoms with E-state index in [0.717, 1.165) is 25.8 Å². The Balaban J connectivity index is 1.57. The van der Waals surface area contributed by atoms with Gasteiger partial charge < -0.3 is 10.6 Å². The molecule has 1 amide bonds. The predicted molar refractivity (Wildman–Crippen MR) is 97.6 cm³/mol. The van der Waals surface area contributed by atoms with Gasteiger partial charge in [-0.05, 0) is 42.9 Å². The van der Waals surface area contributed by atoms with Crippen LogP contribution in [0.3, 0.4) is 0 Å². The Kier molecular flexibility index (Phi) is 5.82. The summed E-state index contributed by atoms with van der Waals surface area (Å²) in [6.07, 6.45) is 3.60. The number of hydrogen-bond acceptors (Lipinski definition) is 2. The third-order valence-corrected chi connectivity index (χ3v) is 4.89. The van der Waals surface area contributed by atoms with Gasteiger partial charge in [0.2, 0.25) is 5.91 Å². The highest BCUT2D eigenvalue weighted by molar-refractivity contribution is 5.77. The number of amides is 1. The minimum Gasteiger partial charge on any atom is -0.339 e. The maximum absolute atomic E-state index is 13.7. The molecule has 0 spiro atoms. The van der Waals surface area contributed by atoms with E-state index in [1.54, 1.807) is 18.2 Å². The van der Waals surface area contributed by atoms with E-state index in [-0.39, 0.29) is 30.2 Å². The van der Waals surface area contributed by atoms with Crippen molar-refractivity contribution in [3.05, 3.63) is 71.5 Å². The lowest BCUT2D eigenvalue weighted by Gasteiger charge is -2.26. The lowest BCUT2D eigenvalue weighted by atomic mass is 10.0. The quantitative estimate of drug-likeness (QED) is 0.877. The van der Waals surface area contributed by atoms with Crippen LogP contribution in [0.25, 0.3) is 0 Å². The molecular weight excluding hydrogens is 315 g/mol. The molecule has 0 aliphatic carbocycles. The first kappa shape index (κ1) is 17.6. The van der Waals surface area contributed by atoms with E-state index in [4.69, 9.17) is 5.73 Å². The Morgan fingerprint density at radius 3 is 2.64 bits per heavy atom. The predicted octanol–water partition coefficient (Wildman–Crippen LogP) is 3.32. The van der Waals surface area contributed by atoms with Crippen LogP contribution in [0.15, 0.2) is 54.6 Å². The van der Waals surface area contributed by atoms with Gasteiger partial charge in [0.15, 0.2) is 0 Å². The van der Waals surface area contributed by atoms with Crippen LogP contribution >= 0.6 is 0 Å². The summed E-state index contributed by atoms with van der Waals surface area (Å²) in [4.78, 5) is 14.7. The van der Waals surface area contributed by atoms with Crippen molar-refractivity contribution in [1.29, 1.82) is 0 Å². The smallest absolute Gasteiger partial charge is 0.224 e. The second-order valence-electron chi connectivity index (χ2n) is 6.83. The molecule has 1 aliphatic heterocycles. The van der Waals surface area contributed by atoms with Crippen LogP contribution in [-0.4, -0.2) is 29.4 Å². The van der Waals surface area contributed by atoms with Gasteiger partial charge in [0.05, 0.1) is 0 Å². The summed E-state index contributed by atoms with van der Waals surface area (Å²) >= 11 is 0. The Bertz CT molecular complexity index is 704. The summed E-state index contributed by atoms with van der Waals surface area (Å²) in [6, 6.07) is 16.8. The molecule has 2 aromatic carbocycles. The van der Waals surface area contributed by atoms with E-state index in [1.807, 2.05) is 23.1 Å². The number of hydrogen-bond donors (Lipinski definition) is 1. The number of likely N-dealkylation sites (tertiary alicyclic amines) is 1. The van der Waals surface area contributed by atoms with Crippen LogP contribution in [0.5, 0.6) is 0 Å². The molecule has 2 N–H and O–H groups in total. The zero-order valence-corrected chi connectivity index (χ0v) is 14.4. The first-order chi connectivity index (χ1) is 12.1. The van der Waals surface area contributed by atoms with E-state index in [0.29, 0.717) is 12.0 Å². The van der Waals surface area contributed by atoms with Crippen molar-refractivity contribution in [3.63, 3.8) is 0 Å². The van der Waals surface area contributed by atoms with E-state index < -0.39 is 0 Å². The van der Waals surface area contributed by atoms with Gasteiger partial charge in [-0.1, -0.05) is 48.5 Å². The Morgan fingerprint density at radius 2 is 1.88 bits per heavy atom. The molecule has 2 atom stereocenters. The fourth-order valence-electron chi connectivity index (χ4n) is 3.62. The number of carbonyl (C=O) groups excluding carboxylic acids is 1. The first-order valence-electron chi connectivity index (χ1n) is 8.96. The zero-order chi connectivity index (χ0) is 17.6. The molecule has 25 heavy (non-hydrogen) atoms. The van der Waals surface area contributed by atoms with Crippen molar-refractivity contribution in [2.24, 2.45) is 5.73 Å². The summed E-state index contributed by atoms with van der Waals surface area (Å²) in [5.41, 5.74) is 7.95. The van der Waals surface area contributed by atoms with Gasteiger partial charge in [-0.2, -0.15) is 0 Å². The zero-order valence-electron chi connectivity index (χ0n) is 14.4. The van der Waals surface area contributed by atoms with Gasteiger partial charge in [-0.25, -0.2) is 4.39 Å². The van der Waals surface area contributed by atoms with E-state index >= 15 is 0 Å². The highest BCUT2D eigenvalue weighted by Crippen LogP contribution is 2.22. The Hall–Kier alpha value is -2.20. The van der Waals surface area contributed by atoms with Crippen molar-refractivity contribution < 1.29 is 9.18 Å². The molecule has 0 radical (unpaired) electrons. The van der Waals surface area contributed by atoms with Gasteiger partial charge in [-0.3, -0.25) is 4.79 Å². The molecule has 2 aromatic rings. The topological polar surface area (TPSA) is 46.3 Å². The van der Waals surface area contributed by atoms with Crippen molar-refractivity contribution >= 4 is 5.91 Å². The Morgan fingerprint density at radius 1 is 1.16 bits per heavy atom. The molecule has 1 aliphatic rings. The number of halogens is 1. The van der Waals surface area contributed by atoms with Crippen molar-refractivity contribution in [2.45, 2.75) is 44.2 Å². The van der Waals surface area contributed by atoms with Crippen LogP contribution in [-0.2, 0) is 17.6 Å². The van der Waals surface area contributed by atoms with Gasteiger partial charge in [0.25, 0.3) is 0 Å². The molecule has 0 saturated carbocycles. The largest absolute Gasteiger partial charge is 0.339 e. The molecular formula is C21H25FN2O. The van der Waals surface area contributed by atoms with Gasteiger partial charge in [0.1, 0.15) is 5.82 Å². The Labute approximate surface area is 148 Å². The van der Waals surface area contributed by atoms with Crippen LogP contribution in [0.4, 0.5) is 4.39 Å². The molecule has 4 heteroatoms.